The predicted octanol–water partition coefficient (Wildman–Crippen LogP) is 3.50. The predicted molar refractivity (Wildman–Crippen MR) is 129 cm³/mol. The van der Waals surface area contributed by atoms with Crippen molar-refractivity contribution in [2.45, 2.75) is 36.9 Å². The third-order valence-corrected chi connectivity index (χ3v) is 6.23. The number of hydrogen-bond donors (Lipinski definition) is 1. The van der Waals surface area contributed by atoms with Gasteiger partial charge in [0.2, 0.25) is 0 Å². The highest BCUT2D eigenvalue weighted by molar-refractivity contribution is 5.94. The topological polar surface area (TPSA) is 92.3 Å². The lowest BCUT2D eigenvalue weighted by Crippen LogP contribution is -2.68. The molecule has 8 heteroatoms. The van der Waals surface area contributed by atoms with Crippen LogP contribution >= 0.6 is 0 Å². The van der Waals surface area contributed by atoms with Crippen molar-refractivity contribution in [1.82, 2.24) is 5.32 Å². The van der Waals surface area contributed by atoms with Gasteiger partial charge in [0.1, 0.15) is 18.2 Å². The fourth-order valence-electron chi connectivity index (χ4n) is 4.44. The number of methoxy groups -OCH3 is 1. The number of rotatable bonds is 6. The standard InChI is InChI=1S/C28H27NO7/c1-32-28-24(35-26(31)19-13-7-3-8-14-19)22(29-25(30)18-11-5-2-6-12-18)23-21(34-28)17-33-27(36-23)20-15-9-4-10-16-20/h2-16,21-24,27-28H,17H2,1H3,(H,29,30)/t21-,22+,23-,24-,27+,28+/m1/s1. The molecule has 0 radical (unpaired) electrons. The lowest BCUT2D eigenvalue weighted by atomic mass is 9.94. The zero-order valence-corrected chi connectivity index (χ0v) is 19.7. The van der Waals surface area contributed by atoms with Crippen molar-refractivity contribution >= 4 is 11.9 Å². The van der Waals surface area contributed by atoms with Gasteiger partial charge >= 0.3 is 5.97 Å². The van der Waals surface area contributed by atoms with Gasteiger partial charge in [0.25, 0.3) is 5.91 Å². The second-order valence-corrected chi connectivity index (χ2v) is 8.56. The van der Waals surface area contributed by atoms with Crippen molar-refractivity contribution in [2.24, 2.45) is 0 Å². The molecule has 3 aromatic carbocycles. The fourth-order valence-corrected chi connectivity index (χ4v) is 4.44. The molecular weight excluding hydrogens is 462 g/mol. The Balaban J connectivity index is 1.46. The SMILES string of the molecule is CO[C@H]1O[C@@H]2CO[C@H](c3ccccc3)O[C@H]2[C@H](NC(=O)c2ccccc2)[C@H]1OC(=O)c1ccccc1. The summed E-state index contributed by atoms with van der Waals surface area (Å²) in [6.45, 7) is 0.209. The number of hydrogen-bond acceptors (Lipinski definition) is 7. The molecule has 3 aromatic rings. The van der Waals surface area contributed by atoms with Crippen molar-refractivity contribution in [3.8, 4) is 0 Å². The number of carbonyl (C=O) groups is 2. The van der Waals surface area contributed by atoms with Crippen LogP contribution in [0.5, 0.6) is 0 Å². The molecule has 5 rings (SSSR count). The van der Waals surface area contributed by atoms with Crippen LogP contribution in [0.3, 0.4) is 0 Å². The fraction of sp³-hybridized carbons (Fsp3) is 0.286. The van der Waals surface area contributed by atoms with Crippen molar-refractivity contribution in [2.75, 3.05) is 13.7 Å². The van der Waals surface area contributed by atoms with Crippen molar-refractivity contribution in [3.05, 3.63) is 108 Å². The molecule has 2 fully saturated rings. The second-order valence-electron chi connectivity index (χ2n) is 8.56. The van der Waals surface area contributed by atoms with Crippen molar-refractivity contribution < 1.29 is 33.3 Å². The molecule has 2 aliphatic heterocycles. The van der Waals surface area contributed by atoms with E-state index in [9.17, 15) is 9.59 Å². The molecule has 0 aliphatic carbocycles. The van der Waals surface area contributed by atoms with E-state index in [0.29, 0.717) is 11.1 Å². The average Bonchev–Trinajstić information content (AvgIpc) is 2.95. The quantitative estimate of drug-likeness (QED) is 0.530. The number of ether oxygens (including phenoxy) is 5. The van der Waals surface area contributed by atoms with Gasteiger partial charge in [-0.2, -0.15) is 0 Å². The van der Waals surface area contributed by atoms with Gasteiger partial charge in [-0.3, -0.25) is 4.79 Å². The Morgan fingerprint density at radius 3 is 2.08 bits per heavy atom. The van der Waals surface area contributed by atoms with Crippen LogP contribution in [0.2, 0.25) is 0 Å². The van der Waals surface area contributed by atoms with E-state index in [1.807, 2.05) is 42.5 Å². The van der Waals surface area contributed by atoms with Gasteiger partial charge in [0, 0.05) is 18.2 Å². The van der Waals surface area contributed by atoms with Crippen molar-refractivity contribution in [1.29, 1.82) is 0 Å². The number of carbonyl (C=O) groups excluding carboxylic acids is 2. The maximum Gasteiger partial charge on any atom is 0.338 e. The number of nitrogens with one attached hydrogen (secondary N) is 1. The first kappa shape index (κ1) is 24.1. The van der Waals surface area contributed by atoms with Crippen LogP contribution in [0.15, 0.2) is 91.0 Å². The van der Waals surface area contributed by atoms with E-state index in [4.69, 9.17) is 23.7 Å². The molecule has 0 spiro atoms. The number of fused-ring (bicyclic) bond motifs is 1. The maximum absolute atomic E-state index is 13.2. The van der Waals surface area contributed by atoms with E-state index in [-0.39, 0.29) is 12.5 Å². The van der Waals surface area contributed by atoms with E-state index < -0.39 is 42.9 Å². The lowest BCUT2D eigenvalue weighted by Gasteiger charge is -2.48. The molecule has 0 aromatic heterocycles. The summed E-state index contributed by atoms with van der Waals surface area (Å²) in [7, 11) is 1.46. The monoisotopic (exact) mass is 489 g/mol. The van der Waals surface area contributed by atoms with Gasteiger partial charge in [0.15, 0.2) is 18.7 Å². The minimum absolute atomic E-state index is 0.209. The highest BCUT2D eigenvalue weighted by Gasteiger charge is 2.52. The largest absolute Gasteiger partial charge is 0.451 e. The first-order valence-corrected chi connectivity index (χ1v) is 11.8. The molecule has 2 aliphatic rings. The van der Waals surface area contributed by atoms with E-state index in [1.54, 1.807) is 48.5 Å². The zero-order valence-electron chi connectivity index (χ0n) is 19.7. The molecule has 0 bridgehead atoms. The summed E-state index contributed by atoms with van der Waals surface area (Å²) in [5.41, 5.74) is 1.67. The van der Waals surface area contributed by atoms with Gasteiger partial charge in [-0.1, -0.05) is 66.7 Å². The summed E-state index contributed by atoms with van der Waals surface area (Å²) in [5.74, 6) is -0.890. The summed E-state index contributed by atoms with van der Waals surface area (Å²) in [5, 5.41) is 3.02. The van der Waals surface area contributed by atoms with Gasteiger partial charge < -0.3 is 29.0 Å². The molecule has 36 heavy (non-hydrogen) atoms. The Bertz CT molecular complexity index is 1160. The normalized spacial score (nSPS) is 27.5. The van der Waals surface area contributed by atoms with Gasteiger partial charge in [0.05, 0.1) is 12.2 Å². The van der Waals surface area contributed by atoms with E-state index >= 15 is 0 Å². The van der Waals surface area contributed by atoms with Gasteiger partial charge in [-0.25, -0.2) is 4.79 Å². The molecule has 1 N–H and O–H groups in total. The molecule has 186 valence electrons. The average molecular weight is 490 g/mol. The molecular formula is C28H27NO7. The highest BCUT2D eigenvalue weighted by atomic mass is 16.8. The molecule has 6 atom stereocenters. The molecule has 0 unspecified atom stereocenters. The molecule has 2 saturated heterocycles. The summed E-state index contributed by atoms with van der Waals surface area (Å²) in [6.07, 6.45) is -3.82. The van der Waals surface area contributed by atoms with Crippen LogP contribution in [0.25, 0.3) is 0 Å². The minimum Gasteiger partial charge on any atom is -0.451 e. The number of esters is 1. The van der Waals surface area contributed by atoms with Crippen LogP contribution < -0.4 is 5.32 Å². The summed E-state index contributed by atoms with van der Waals surface area (Å²) < 4.78 is 29.8. The van der Waals surface area contributed by atoms with Gasteiger partial charge in [-0.15, -0.1) is 0 Å². The summed E-state index contributed by atoms with van der Waals surface area (Å²) >= 11 is 0. The number of benzene rings is 3. The maximum atomic E-state index is 13.2. The van der Waals surface area contributed by atoms with Crippen molar-refractivity contribution in [3.63, 3.8) is 0 Å². The van der Waals surface area contributed by atoms with Gasteiger partial charge in [-0.05, 0) is 24.3 Å². The molecule has 2 heterocycles. The van der Waals surface area contributed by atoms with E-state index in [2.05, 4.69) is 5.32 Å². The molecule has 0 saturated carbocycles. The second kappa shape index (κ2) is 11.0. The Hall–Kier alpha value is -3.56. The molecule has 1 amide bonds. The van der Waals surface area contributed by atoms with Crippen LogP contribution in [0.1, 0.15) is 32.6 Å². The zero-order chi connectivity index (χ0) is 24.9. The van der Waals surface area contributed by atoms with E-state index in [1.165, 1.54) is 7.11 Å². The smallest absolute Gasteiger partial charge is 0.338 e. The summed E-state index contributed by atoms with van der Waals surface area (Å²) in [4.78, 5) is 26.2. The Kier molecular flexibility index (Phi) is 7.39. The first-order valence-electron chi connectivity index (χ1n) is 11.8. The Morgan fingerprint density at radius 1 is 0.833 bits per heavy atom. The third-order valence-electron chi connectivity index (χ3n) is 6.23. The Labute approximate surface area is 209 Å². The number of amides is 1. The van der Waals surface area contributed by atoms with Crippen LogP contribution in [0.4, 0.5) is 0 Å². The third kappa shape index (κ3) is 5.17. The Morgan fingerprint density at radius 2 is 1.44 bits per heavy atom. The first-order chi connectivity index (χ1) is 17.6. The lowest BCUT2D eigenvalue weighted by molar-refractivity contribution is -0.339. The van der Waals surface area contributed by atoms with Crippen LogP contribution in [-0.4, -0.2) is 56.2 Å². The minimum atomic E-state index is -0.980. The van der Waals surface area contributed by atoms with E-state index in [0.717, 1.165) is 5.56 Å². The highest BCUT2D eigenvalue weighted by Crippen LogP contribution is 2.35. The van der Waals surface area contributed by atoms with Crippen LogP contribution in [-0.2, 0) is 23.7 Å². The summed E-state index contributed by atoms with van der Waals surface area (Å²) in [6, 6.07) is 26.2. The molecule has 8 nitrogen and oxygen atoms in total. The van der Waals surface area contributed by atoms with Crippen LogP contribution in [0, 0.1) is 0 Å².